The van der Waals surface area contributed by atoms with Crippen molar-refractivity contribution >= 4 is 12.0 Å². The zero-order valence-corrected chi connectivity index (χ0v) is 21.2. The number of carbonyl (C=O) groups excluding carboxylic acids is 1. The summed E-state index contributed by atoms with van der Waals surface area (Å²) in [7, 11) is 0. The van der Waals surface area contributed by atoms with Gasteiger partial charge in [-0.3, -0.25) is 14.7 Å². The van der Waals surface area contributed by atoms with Crippen LogP contribution in [-0.4, -0.2) is 58.1 Å². The van der Waals surface area contributed by atoms with E-state index < -0.39 is 6.09 Å². The molecule has 0 radical (unpaired) electrons. The molecule has 5 rings (SSSR count). The molecule has 1 saturated heterocycles. The van der Waals surface area contributed by atoms with Crippen LogP contribution in [0.1, 0.15) is 44.7 Å². The zero-order valence-electron chi connectivity index (χ0n) is 21.2. The molecule has 37 heavy (non-hydrogen) atoms. The van der Waals surface area contributed by atoms with Crippen LogP contribution >= 0.6 is 0 Å². The fourth-order valence-electron chi connectivity index (χ4n) is 5.73. The Bertz CT molecular complexity index is 1290. The van der Waals surface area contributed by atoms with Gasteiger partial charge < -0.3 is 15.3 Å². The Balaban J connectivity index is 1.36. The molecule has 2 unspecified atom stereocenters. The fraction of sp³-hybridized carbons (Fsp3) is 0.300. The van der Waals surface area contributed by atoms with E-state index in [-0.39, 0.29) is 23.8 Å². The van der Waals surface area contributed by atoms with Gasteiger partial charge in [0.1, 0.15) is 0 Å². The SMILES string of the molecule is Cc1ccnc(C)c1C(=O)N1C=C2CN(CC(c3ccccc3)[C@H](NC(=O)O)c3ccccc3)CC2C1. The number of hydrogen-bond acceptors (Lipinski definition) is 4. The maximum absolute atomic E-state index is 13.3. The Hall–Kier alpha value is -3.97. The zero-order chi connectivity index (χ0) is 25.9. The van der Waals surface area contributed by atoms with Crippen LogP contribution in [0.25, 0.3) is 0 Å². The van der Waals surface area contributed by atoms with E-state index in [0.29, 0.717) is 18.7 Å². The van der Waals surface area contributed by atoms with Crippen LogP contribution in [0.15, 0.2) is 84.7 Å². The molecule has 2 amide bonds. The Labute approximate surface area is 217 Å². The highest BCUT2D eigenvalue weighted by molar-refractivity contribution is 5.97. The van der Waals surface area contributed by atoms with Crippen molar-refractivity contribution in [2.24, 2.45) is 5.92 Å². The number of aryl methyl sites for hydroxylation is 2. The van der Waals surface area contributed by atoms with Crippen LogP contribution in [0.4, 0.5) is 4.79 Å². The number of nitrogens with zero attached hydrogens (tertiary/aromatic N) is 3. The number of carbonyl (C=O) groups is 2. The van der Waals surface area contributed by atoms with Gasteiger partial charge in [0.15, 0.2) is 0 Å². The number of fused-ring (bicyclic) bond motifs is 1. The molecular formula is C30H32N4O3. The summed E-state index contributed by atoms with van der Waals surface area (Å²) in [6.07, 6.45) is 2.72. The van der Waals surface area contributed by atoms with Gasteiger partial charge in [0.25, 0.3) is 5.91 Å². The summed E-state index contributed by atoms with van der Waals surface area (Å²) in [5, 5.41) is 12.5. The molecule has 1 aromatic heterocycles. The predicted molar refractivity (Wildman–Crippen MR) is 142 cm³/mol. The van der Waals surface area contributed by atoms with Crippen molar-refractivity contribution in [2.75, 3.05) is 26.2 Å². The first kappa shape index (κ1) is 24.7. The second kappa shape index (κ2) is 10.6. The average Bonchev–Trinajstić information content (AvgIpc) is 3.46. The molecule has 0 bridgehead atoms. The minimum atomic E-state index is -1.04. The van der Waals surface area contributed by atoms with E-state index in [1.165, 1.54) is 5.57 Å². The lowest BCUT2D eigenvalue weighted by Gasteiger charge is -2.32. The third-order valence-electron chi connectivity index (χ3n) is 7.49. The van der Waals surface area contributed by atoms with Crippen LogP contribution in [-0.2, 0) is 0 Å². The van der Waals surface area contributed by atoms with Gasteiger partial charge >= 0.3 is 6.09 Å². The summed E-state index contributed by atoms with van der Waals surface area (Å²) in [6.45, 7) is 6.78. The van der Waals surface area contributed by atoms with E-state index in [9.17, 15) is 14.7 Å². The minimum Gasteiger partial charge on any atom is -0.465 e. The lowest BCUT2D eigenvalue weighted by molar-refractivity contribution is 0.0818. The summed E-state index contributed by atoms with van der Waals surface area (Å²) in [5.41, 5.74) is 5.67. The van der Waals surface area contributed by atoms with E-state index in [1.54, 1.807) is 6.20 Å². The normalized spacial score (nSPS) is 18.7. The number of benzene rings is 2. The Morgan fingerprint density at radius 1 is 1.00 bits per heavy atom. The van der Waals surface area contributed by atoms with E-state index in [2.05, 4.69) is 27.3 Å². The standard InChI is InChI=1S/C30H32N4O3/c1-20-13-14-31-21(2)27(20)29(35)34-17-24-15-33(16-25(24)18-34)19-26(22-9-5-3-6-10-22)28(32-30(36)37)23-11-7-4-8-12-23/h3-14,17,25-26,28,32H,15-16,18-19H2,1-2H3,(H,36,37)/t25?,26?,28-/m1/s1. The third-order valence-corrected chi connectivity index (χ3v) is 7.49. The van der Waals surface area contributed by atoms with Crippen molar-refractivity contribution in [3.63, 3.8) is 0 Å². The fourth-order valence-corrected chi connectivity index (χ4v) is 5.73. The number of hydrogen-bond donors (Lipinski definition) is 2. The van der Waals surface area contributed by atoms with Gasteiger partial charge in [-0.15, -0.1) is 0 Å². The summed E-state index contributed by atoms with van der Waals surface area (Å²) in [6, 6.07) is 21.4. The molecule has 3 heterocycles. The van der Waals surface area contributed by atoms with E-state index in [4.69, 9.17) is 0 Å². The molecule has 2 aromatic carbocycles. The lowest BCUT2D eigenvalue weighted by atomic mass is 9.86. The second-order valence-corrected chi connectivity index (χ2v) is 10.00. The molecule has 2 aliphatic rings. The average molecular weight is 497 g/mol. The maximum Gasteiger partial charge on any atom is 0.405 e. The van der Waals surface area contributed by atoms with Crippen molar-refractivity contribution in [3.8, 4) is 0 Å². The largest absolute Gasteiger partial charge is 0.465 e. The van der Waals surface area contributed by atoms with E-state index in [1.807, 2.05) is 79.5 Å². The molecule has 7 heteroatoms. The molecule has 0 aliphatic carbocycles. The molecule has 2 aliphatic heterocycles. The van der Waals surface area contributed by atoms with Gasteiger partial charge in [-0.2, -0.15) is 0 Å². The number of likely N-dealkylation sites (tertiary alicyclic amines) is 1. The number of aromatic nitrogens is 1. The first-order valence-electron chi connectivity index (χ1n) is 12.7. The van der Waals surface area contributed by atoms with Crippen molar-refractivity contribution in [3.05, 3.63) is 113 Å². The molecule has 190 valence electrons. The predicted octanol–water partition coefficient (Wildman–Crippen LogP) is 4.76. The number of carboxylic acid groups (broad SMARTS) is 1. The van der Waals surface area contributed by atoms with Gasteiger partial charge in [0.05, 0.1) is 17.3 Å². The number of nitrogens with one attached hydrogen (secondary N) is 1. The number of pyridine rings is 1. The molecule has 3 atom stereocenters. The quantitative estimate of drug-likeness (QED) is 0.493. The van der Waals surface area contributed by atoms with E-state index in [0.717, 1.165) is 35.5 Å². The van der Waals surface area contributed by atoms with Gasteiger partial charge in [0, 0.05) is 50.4 Å². The van der Waals surface area contributed by atoms with Crippen molar-refractivity contribution in [2.45, 2.75) is 25.8 Å². The Morgan fingerprint density at radius 3 is 2.30 bits per heavy atom. The van der Waals surface area contributed by atoms with Gasteiger partial charge in [-0.25, -0.2) is 4.79 Å². The minimum absolute atomic E-state index is 0.00788. The van der Waals surface area contributed by atoms with E-state index >= 15 is 0 Å². The van der Waals surface area contributed by atoms with Gasteiger partial charge in [-0.1, -0.05) is 60.7 Å². The third kappa shape index (κ3) is 5.27. The topological polar surface area (TPSA) is 85.8 Å². The Morgan fingerprint density at radius 2 is 1.68 bits per heavy atom. The van der Waals surface area contributed by atoms with Crippen LogP contribution < -0.4 is 5.32 Å². The summed E-state index contributed by atoms with van der Waals surface area (Å²) in [5.74, 6) is 0.214. The lowest BCUT2D eigenvalue weighted by Crippen LogP contribution is -2.38. The van der Waals surface area contributed by atoms with Crippen LogP contribution in [0, 0.1) is 19.8 Å². The van der Waals surface area contributed by atoms with Crippen LogP contribution in [0.5, 0.6) is 0 Å². The van der Waals surface area contributed by atoms with Crippen molar-refractivity contribution in [1.29, 1.82) is 0 Å². The summed E-state index contributed by atoms with van der Waals surface area (Å²) in [4.78, 5) is 33.6. The first-order valence-corrected chi connectivity index (χ1v) is 12.7. The van der Waals surface area contributed by atoms with Crippen LogP contribution in [0.3, 0.4) is 0 Å². The molecule has 3 aromatic rings. The molecule has 0 saturated carbocycles. The van der Waals surface area contributed by atoms with Gasteiger partial charge in [0.2, 0.25) is 0 Å². The second-order valence-electron chi connectivity index (χ2n) is 10.00. The van der Waals surface area contributed by atoms with Crippen molar-refractivity contribution < 1.29 is 14.7 Å². The van der Waals surface area contributed by atoms with Gasteiger partial charge in [-0.05, 0) is 42.2 Å². The highest BCUT2D eigenvalue weighted by Crippen LogP contribution is 2.36. The Kier molecular flexibility index (Phi) is 7.06. The first-order chi connectivity index (χ1) is 17.9. The summed E-state index contributed by atoms with van der Waals surface area (Å²) >= 11 is 0. The van der Waals surface area contributed by atoms with Crippen LogP contribution in [0.2, 0.25) is 0 Å². The highest BCUT2D eigenvalue weighted by Gasteiger charge is 2.38. The molecule has 7 nitrogen and oxygen atoms in total. The summed E-state index contributed by atoms with van der Waals surface area (Å²) < 4.78 is 0. The number of rotatable bonds is 7. The maximum atomic E-state index is 13.3. The molecule has 0 spiro atoms. The highest BCUT2D eigenvalue weighted by atomic mass is 16.4. The monoisotopic (exact) mass is 496 g/mol. The number of amides is 2. The molecule has 1 fully saturated rings. The molecule has 2 N–H and O–H groups in total. The molecular weight excluding hydrogens is 464 g/mol. The van der Waals surface area contributed by atoms with Crippen molar-refractivity contribution in [1.82, 2.24) is 20.1 Å². The smallest absolute Gasteiger partial charge is 0.405 e.